The Labute approximate surface area is 119 Å². The first-order chi connectivity index (χ1) is 10.1. The van der Waals surface area contributed by atoms with Crippen molar-refractivity contribution in [3.63, 3.8) is 0 Å². The standard InChI is InChI=1S/C15H12F2N4/c1-8-4-5-10(16)12(13(8)17)14-11(15(18)21-20-14)9-3-2-6-19-7-9/h2-7H,1H3,(H3,18,20,21). The summed E-state index contributed by atoms with van der Waals surface area (Å²) in [5, 5.41) is 6.49. The maximum absolute atomic E-state index is 14.3. The first kappa shape index (κ1) is 13.2. The number of hydrogen-bond donors (Lipinski definition) is 2. The maximum atomic E-state index is 14.3. The Morgan fingerprint density at radius 2 is 1.95 bits per heavy atom. The maximum Gasteiger partial charge on any atom is 0.153 e. The van der Waals surface area contributed by atoms with Crippen molar-refractivity contribution < 1.29 is 8.78 Å². The molecule has 21 heavy (non-hydrogen) atoms. The lowest BCUT2D eigenvalue weighted by Gasteiger charge is -2.08. The van der Waals surface area contributed by atoms with Gasteiger partial charge in [-0.15, -0.1) is 0 Å². The normalized spacial score (nSPS) is 10.8. The van der Waals surface area contributed by atoms with E-state index in [1.54, 1.807) is 31.5 Å². The van der Waals surface area contributed by atoms with E-state index in [2.05, 4.69) is 15.2 Å². The van der Waals surface area contributed by atoms with E-state index in [-0.39, 0.29) is 17.1 Å². The van der Waals surface area contributed by atoms with Crippen LogP contribution in [0.2, 0.25) is 0 Å². The lowest BCUT2D eigenvalue weighted by Crippen LogP contribution is -1.96. The summed E-state index contributed by atoms with van der Waals surface area (Å²) in [4.78, 5) is 3.99. The predicted molar refractivity (Wildman–Crippen MR) is 76.3 cm³/mol. The highest BCUT2D eigenvalue weighted by Crippen LogP contribution is 2.37. The van der Waals surface area contributed by atoms with Gasteiger partial charge in [-0.05, 0) is 24.6 Å². The van der Waals surface area contributed by atoms with Gasteiger partial charge in [0.1, 0.15) is 11.6 Å². The average Bonchev–Trinajstić information content (AvgIpc) is 2.86. The second kappa shape index (κ2) is 4.97. The molecule has 0 aliphatic heterocycles. The molecule has 0 amide bonds. The summed E-state index contributed by atoms with van der Waals surface area (Å²) in [5.41, 5.74) is 7.29. The molecule has 0 aliphatic carbocycles. The van der Waals surface area contributed by atoms with E-state index in [9.17, 15) is 8.78 Å². The lowest BCUT2D eigenvalue weighted by molar-refractivity contribution is 0.583. The van der Waals surface area contributed by atoms with Crippen LogP contribution in [0.25, 0.3) is 22.4 Å². The van der Waals surface area contributed by atoms with Gasteiger partial charge in [0.05, 0.1) is 16.8 Å². The monoisotopic (exact) mass is 286 g/mol. The molecule has 6 heteroatoms. The zero-order valence-corrected chi connectivity index (χ0v) is 11.2. The summed E-state index contributed by atoms with van der Waals surface area (Å²) in [6.45, 7) is 1.57. The molecule has 0 saturated heterocycles. The Bertz CT molecular complexity index is 797. The van der Waals surface area contributed by atoms with Crippen LogP contribution >= 0.6 is 0 Å². The highest BCUT2D eigenvalue weighted by molar-refractivity contribution is 5.87. The summed E-state index contributed by atoms with van der Waals surface area (Å²) in [5.74, 6) is -1.14. The molecule has 1 aromatic carbocycles. The second-order valence-corrected chi connectivity index (χ2v) is 4.65. The van der Waals surface area contributed by atoms with Crippen molar-refractivity contribution in [1.82, 2.24) is 15.2 Å². The quantitative estimate of drug-likeness (QED) is 0.759. The van der Waals surface area contributed by atoms with Crippen LogP contribution in [0, 0.1) is 18.6 Å². The Balaban J connectivity index is 2.30. The van der Waals surface area contributed by atoms with Gasteiger partial charge in [0, 0.05) is 18.0 Å². The van der Waals surface area contributed by atoms with Crippen LogP contribution in [0.5, 0.6) is 0 Å². The van der Waals surface area contributed by atoms with Crippen LogP contribution < -0.4 is 5.73 Å². The van der Waals surface area contributed by atoms with Crippen LogP contribution in [-0.2, 0) is 0 Å². The van der Waals surface area contributed by atoms with Gasteiger partial charge < -0.3 is 5.73 Å². The third-order valence-electron chi connectivity index (χ3n) is 3.28. The number of pyridine rings is 1. The van der Waals surface area contributed by atoms with Crippen LogP contribution in [-0.4, -0.2) is 15.2 Å². The summed E-state index contributed by atoms with van der Waals surface area (Å²) in [6, 6.07) is 6.08. The zero-order chi connectivity index (χ0) is 15.0. The molecule has 0 spiro atoms. The van der Waals surface area contributed by atoms with Crippen molar-refractivity contribution in [2.45, 2.75) is 6.92 Å². The topological polar surface area (TPSA) is 67.6 Å². The third-order valence-corrected chi connectivity index (χ3v) is 3.28. The fraction of sp³-hybridized carbons (Fsp3) is 0.0667. The number of H-pyrrole nitrogens is 1. The molecule has 0 bridgehead atoms. The van der Waals surface area contributed by atoms with Gasteiger partial charge in [-0.1, -0.05) is 12.1 Å². The molecule has 2 heterocycles. The van der Waals surface area contributed by atoms with Crippen LogP contribution in [0.1, 0.15) is 5.56 Å². The van der Waals surface area contributed by atoms with E-state index in [1.807, 2.05) is 0 Å². The fourth-order valence-corrected chi connectivity index (χ4v) is 2.23. The predicted octanol–water partition coefficient (Wildman–Crippen LogP) is 3.31. The molecule has 0 saturated carbocycles. The minimum atomic E-state index is -0.674. The highest BCUT2D eigenvalue weighted by atomic mass is 19.1. The van der Waals surface area contributed by atoms with E-state index in [4.69, 9.17) is 5.73 Å². The van der Waals surface area contributed by atoms with Gasteiger partial charge in [-0.25, -0.2) is 8.78 Å². The molecule has 0 unspecified atom stereocenters. The number of nitrogens with zero attached hydrogens (tertiary/aromatic N) is 2. The van der Waals surface area contributed by atoms with Gasteiger partial charge in [0.15, 0.2) is 5.82 Å². The van der Waals surface area contributed by atoms with Crippen LogP contribution in [0.15, 0.2) is 36.7 Å². The SMILES string of the molecule is Cc1ccc(F)c(-c2[nH]nc(N)c2-c2cccnc2)c1F. The number of aromatic nitrogens is 3. The van der Waals surface area contributed by atoms with E-state index >= 15 is 0 Å². The largest absolute Gasteiger partial charge is 0.382 e. The van der Waals surface area contributed by atoms with Gasteiger partial charge in [-0.3, -0.25) is 10.1 Å². The lowest BCUT2D eigenvalue weighted by atomic mass is 10.00. The summed E-state index contributed by atoms with van der Waals surface area (Å²) >= 11 is 0. The zero-order valence-electron chi connectivity index (χ0n) is 11.2. The van der Waals surface area contributed by atoms with E-state index < -0.39 is 11.6 Å². The van der Waals surface area contributed by atoms with Crippen molar-refractivity contribution in [2.24, 2.45) is 0 Å². The van der Waals surface area contributed by atoms with Gasteiger partial charge >= 0.3 is 0 Å². The molecule has 3 N–H and O–H groups in total. The number of nitrogen functional groups attached to an aromatic ring is 1. The molecule has 0 fully saturated rings. The second-order valence-electron chi connectivity index (χ2n) is 4.65. The first-order valence-corrected chi connectivity index (χ1v) is 6.28. The minimum Gasteiger partial charge on any atom is -0.382 e. The molecular formula is C15H12F2N4. The molecule has 2 aromatic heterocycles. The molecule has 0 radical (unpaired) electrons. The Kier molecular flexibility index (Phi) is 3.13. The summed E-state index contributed by atoms with van der Waals surface area (Å²) in [7, 11) is 0. The Morgan fingerprint density at radius 3 is 2.67 bits per heavy atom. The minimum absolute atomic E-state index is 0.165. The smallest absolute Gasteiger partial charge is 0.153 e. The van der Waals surface area contributed by atoms with Crippen LogP contribution in [0.4, 0.5) is 14.6 Å². The van der Waals surface area contributed by atoms with Gasteiger partial charge in [-0.2, -0.15) is 5.10 Å². The number of aryl methyl sites for hydroxylation is 1. The van der Waals surface area contributed by atoms with Crippen molar-refractivity contribution >= 4 is 5.82 Å². The Morgan fingerprint density at radius 1 is 1.14 bits per heavy atom. The molecule has 4 nitrogen and oxygen atoms in total. The molecule has 106 valence electrons. The number of rotatable bonds is 2. The summed E-state index contributed by atoms with van der Waals surface area (Å²) < 4.78 is 28.4. The fourth-order valence-electron chi connectivity index (χ4n) is 2.23. The molecule has 3 rings (SSSR count). The Hall–Kier alpha value is -2.76. The number of benzene rings is 1. The van der Waals surface area contributed by atoms with Gasteiger partial charge in [0.2, 0.25) is 0 Å². The summed E-state index contributed by atoms with van der Waals surface area (Å²) in [6.07, 6.45) is 3.17. The first-order valence-electron chi connectivity index (χ1n) is 6.28. The number of aromatic amines is 1. The van der Waals surface area contributed by atoms with E-state index in [1.165, 1.54) is 12.1 Å². The number of halogens is 2. The van der Waals surface area contributed by atoms with Crippen molar-refractivity contribution in [3.8, 4) is 22.4 Å². The van der Waals surface area contributed by atoms with Gasteiger partial charge in [0.25, 0.3) is 0 Å². The van der Waals surface area contributed by atoms with E-state index in [0.717, 1.165) is 0 Å². The van der Waals surface area contributed by atoms with Crippen molar-refractivity contribution in [1.29, 1.82) is 0 Å². The molecule has 3 aromatic rings. The number of hydrogen-bond acceptors (Lipinski definition) is 3. The van der Waals surface area contributed by atoms with Crippen molar-refractivity contribution in [2.75, 3.05) is 5.73 Å². The molecular weight excluding hydrogens is 274 g/mol. The van der Waals surface area contributed by atoms with Crippen molar-refractivity contribution in [3.05, 3.63) is 53.9 Å². The third kappa shape index (κ3) is 2.14. The number of nitrogens with two attached hydrogens (primary N) is 1. The molecule has 0 atom stereocenters. The highest BCUT2D eigenvalue weighted by Gasteiger charge is 2.21. The van der Waals surface area contributed by atoms with Crippen LogP contribution in [0.3, 0.4) is 0 Å². The molecule has 0 aliphatic rings. The van der Waals surface area contributed by atoms with E-state index in [0.29, 0.717) is 16.7 Å². The number of anilines is 1. The number of nitrogens with one attached hydrogen (secondary N) is 1. The average molecular weight is 286 g/mol.